The minimum atomic E-state index is -1.22. The first-order valence-corrected chi connectivity index (χ1v) is 4.93. The Balaban J connectivity index is 2.72. The van der Waals surface area contributed by atoms with Gasteiger partial charge in [0.2, 0.25) is 5.91 Å². The average Bonchev–Trinajstić information content (AvgIpc) is 2.55. The van der Waals surface area contributed by atoms with Crippen molar-refractivity contribution >= 4 is 5.91 Å². The van der Waals surface area contributed by atoms with Gasteiger partial charge in [0.1, 0.15) is 24.4 Å². The van der Waals surface area contributed by atoms with E-state index in [1.165, 1.54) is 14.0 Å². The first-order chi connectivity index (χ1) is 7.51. The zero-order valence-corrected chi connectivity index (χ0v) is 9.16. The Morgan fingerprint density at radius 1 is 1.62 bits per heavy atom. The SMILES string of the molecule is CO[C@H]1O[C@H]([C@H](O)CO)[C@H](O)[C@@H]1NC(C)=O. The third-order valence-electron chi connectivity index (χ3n) is 2.46. The fourth-order valence-corrected chi connectivity index (χ4v) is 1.70. The van der Waals surface area contributed by atoms with Gasteiger partial charge in [-0.15, -0.1) is 0 Å². The van der Waals surface area contributed by atoms with Crippen molar-refractivity contribution in [3.8, 4) is 0 Å². The highest BCUT2D eigenvalue weighted by molar-refractivity contribution is 5.73. The lowest BCUT2D eigenvalue weighted by molar-refractivity contribution is -0.155. The molecule has 1 saturated heterocycles. The van der Waals surface area contributed by atoms with Gasteiger partial charge >= 0.3 is 0 Å². The van der Waals surface area contributed by atoms with Crippen molar-refractivity contribution in [3.05, 3.63) is 0 Å². The van der Waals surface area contributed by atoms with E-state index >= 15 is 0 Å². The van der Waals surface area contributed by atoms with E-state index in [2.05, 4.69) is 5.32 Å². The summed E-state index contributed by atoms with van der Waals surface area (Å²) < 4.78 is 10.1. The van der Waals surface area contributed by atoms with E-state index in [9.17, 15) is 15.0 Å². The second-order valence-electron chi connectivity index (χ2n) is 3.67. The molecule has 4 N–H and O–H groups in total. The molecule has 0 aromatic heterocycles. The maximum atomic E-state index is 10.9. The Morgan fingerprint density at radius 2 is 2.25 bits per heavy atom. The molecule has 0 saturated carbocycles. The summed E-state index contributed by atoms with van der Waals surface area (Å²) in [5.41, 5.74) is 0. The monoisotopic (exact) mass is 235 g/mol. The summed E-state index contributed by atoms with van der Waals surface area (Å²) in [6.45, 7) is 0.764. The van der Waals surface area contributed by atoms with E-state index in [0.29, 0.717) is 0 Å². The number of methoxy groups -OCH3 is 1. The second-order valence-corrected chi connectivity index (χ2v) is 3.67. The minimum absolute atomic E-state index is 0.339. The Bertz CT molecular complexity index is 248. The lowest BCUT2D eigenvalue weighted by Gasteiger charge is -2.20. The first-order valence-electron chi connectivity index (χ1n) is 4.93. The molecule has 0 aromatic rings. The number of aliphatic hydroxyl groups excluding tert-OH is 3. The highest BCUT2D eigenvalue weighted by Gasteiger charge is 2.47. The molecule has 5 atom stereocenters. The average molecular weight is 235 g/mol. The highest BCUT2D eigenvalue weighted by Crippen LogP contribution is 2.24. The molecule has 0 aliphatic carbocycles. The van der Waals surface area contributed by atoms with E-state index in [4.69, 9.17) is 14.6 Å². The Morgan fingerprint density at radius 3 is 2.69 bits per heavy atom. The van der Waals surface area contributed by atoms with Crippen LogP contribution in [0.25, 0.3) is 0 Å². The number of ether oxygens (including phenoxy) is 2. The fraction of sp³-hybridized carbons (Fsp3) is 0.889. The molecule has 0 bridgehead atoms. The van der Waals surface area contributed by atoms with E-state index in [1.54, 1.807) is 0 Å². The minimum Gasteiger partial charge on any atom is -0.394 e. The molecule has 1 amide bonds. The quantitative estimate of drug-likeness (QED) is 0.432. The number of amides is 1. The summed E-state index contributed by atoms with van der Waals surface area (Å²) >= 11 is 0. The van der Waals surface area contributed by atoms with E-state index < -0.39 is 37.3 Å². The van der Waals surface area contributed by atoms with Crippen LogP contribution in [0.4, 0.5) is 0 Å². The van der Waals surface area contributed by atoms with Crippen LogP contribution < -0.4 is 5.32 Å². The lowest BCUT2D eigenvalue weighted by atomic mass is 10.0. The Hall–Kier alpha value is -0.730. The van der Waals surface area contributed by atoms with E-state index in [0.717, 1.165) is 0 Å². The molecular formula is C9H17NO6. The summed E-state index contributed by atoms with van der Waals surface area (Å²) in [7, 11) is 1.36. The number of nitrogens with one attached hydrogen (secondary N) is 1. The molecule has 1 fully saturated rings. The van der Waals surface area contributed by atoms with E-state index in [-0.39, 0.29) is 5.91 Å². The number of aliphatic hydroxyl groups is 3. The van der Waals surface area contributed by atoms with Crippen LogP contribution in [-0.2, 0) is 14.3 Å². The van der Waals surface area contributed by atoms with Crippen LogP contribution >= 0.6 is 0 Å². The summed E-state index contributed by atoms with van der Waals surface area (Å²) in [5.74, 6) is -0.339. The smallest absolute Gasteiger partial charge is 0.217 e. The molecular weight excluding hydrogens is 218 g/mol. The summed E-state index contributed by atoms with van der Waals surface area (Å²) in [6, 6.07) is -0.756. The van der Waals surface area contributed by atoms with Gasteiger partial charge < -0.3 is 30.1 Å². The van der Waals surface area contributed by atoms with Crippen LogP contribution in [0.2, 0.25) is 0 Å². The van der Waals surface area contributed by atoms with Crippen LogP contribution in [0.5, 0.6) is 0 Å². The predicted octanol–water partition coefficient (Wildman–Crippen LogP) is -2.42. The first kappa shape index (κ1) is 13.3. The van der Waals surface area contributed by atoms with Gasteiger partial charge in [-0.1, -0.05) is 0 Å². The molecule has 1 aliphatic heterocycles. The molecule has 0 unspecified atom stereocenters. The lowest BCUT2D eigenvalue weighted by Crippen LogP contribution is -2.49. The molecule has 7 nitrogen and oxygen atoms in total. The third kappa shape index (κ3) is 2.69. The van der Waals surface area contributed by atoms with Gasteiger partial charge in [0.05, 0.1) is 6.61 Å². The normalized spacial score (nSPS) is 36.1. The van der Waals surface area contributed by atoms with Crippen molar-refractivity contribution < 1.29 is 29.6 Å². The van der Waals surface area contributed by atoms with Crippen LogP contribution in [0, 0.1) is 0 Å². The zero-order chi connectivity index (χ0) is 12.3. The highest BCUT2D eigenvalue weighted by atomic mass is 16.7. The molecule has 94 valence electrons. The zero-order valence-electron chi connectivity index (χ0n) is 9.16. The number of hydrogen-bond acceptors (Lipinski definition) is 6. The molecule has 7 heteroatoms. The topological polar surface area (TPSA) is 108 Å². The van der Waals surface area contributed by atoms with Gasteiger partial charge in [0, 0.05) is 14.0 Å². The van der Waals surface area contributed by atoms with Gasteiger partial charge in [-0.05, 0) is 0 Å². The Kier molecular flexibility index (Phi) is 4.63. The van der Waals surface area contributed by atoms with Crippen molar-refractivity contribution in [3.63, 3.8) is 0 Å². The van der Waals surface area contributed by atoms with Crippen molar-refractivity contribution in [1.29, 1.82) is 0 Å². The van der Waals surface area contributed by atoms with Gasteiger partial charge in [0.15, 0.2) is 6.29 Å². The van der Waals surface area contributed by atoms with Crippen molar-refractivity contribution in [1.82, 2.24) is 5.32 Å². The molecule has 16 heavy (non-hydrogen) atoms. The standard InChI is InChI=1S/C9H17NO6/c1-4(12)10-6-7(14)8(5(13)3-11)16-9(6)15-2/h5-9,11,13-14H,3H2,1-2H3,(H,10,12)/t5-,6+,7-,8-,9+/m1/s1. The summed E-state index contributed by atoms with van der Waals surface area (Å²) in [6.07, 6.45) is -4.17. The molecule has 0 radical (unpaired) electrons. The van der Waals surface area contributed by atoms with Gasteiger partial charge in [0.25, 0.3) is 0 Å². The molecule has 1 heterocycles. The van der Waals surface area contributed by atoms with Crippen molar-refractivity contribution in [2.45, 2.75) is 37.6 Å². The van der Waals surface area contributed by atoms with Gasteiger partial charge in [-0.25, -0.2) is 0 Å². The van der Waals surface area contributed by atoms with Crippen LogP contribution in [0.3, 0.4) is 0 Å². The fourth-order valence-electron chi connectivity index (χ4n) is 1.70. The van der Waals surface area contributed by atoms with Gasteiger partial charge in [-0.2, -0.15) is 0 Å². The van der Waals surface area contributed by atoms with Crippen molar-refractivity contribution in [2.24, 2.45) is 0 Å². The van der Waals surface area contributed by atoms with E-state index in [1.807, 2.05) is 0 Å². The number of carbonyl (C=O) groups excluding carboxylic acids is 1. The van der Waals surface area contributed by atoms with Crippen LogP contribution in [0.15, 0.2) is 0 Å². The molecule has 0 aromatic carbocycles. The number of rotatable bonds is 4. The van der Waals surface area contributed by atoms with Crippen LogP contribution in [0.1, 0.15) is 6.92 Å². The number of carbonyl (C=O) groups is 1. The maximum absolute atomic E-state index is 10.9. The largest absolute Gasteiger partial charge is 0.394 e. The summed E-state index contributed by atoms with van der Waals surface area (Å²) in [5, 5.41) is 30.4. The number of hydrogen-bond donors (Lipinski definition) is 4. The van der Waals surface area contributed by atoms with Gasteiger partial charge in [-0.3, -0.25) is 4.79 Å². The van der Waals surface area contributed by atoms with Crippen LogP contribution in [-0.4, -0.2) is 65.6 Å². The molecule has 0 spiro atoms. The predicted molar refractivity (Wildman–Crippen MR) is 52.4 cm³/mol. The third-order valence-corrected chi connectivity index (χ3v) is 2.46. The molecule has 1 aliphatic rings. The second kappa shape index (κ2) is 5.55. The van der Waals surface area contributed by atoms with Crippen molar-refractivity contribution in [2.75, 3.05) is 13.7 Å². The maximum Gasteiger partial charge on any atom is 0.217 e. The Labute approximate surface area is 93.0 Å². The molecule has 1 rings (SSSR count). The summed E-state index contributed by atoms with van der Waals surface area (Å²) in [4.78, 5) is 10.9.